The van der Waals surface area contributed by atoms with E-state index >= 15 is 0 Å². The van der Waals surface area contributed by atoms with Crippen LogP contribution in [-0.4, -0.2) is 58.8 Å². The molecule has 0 aromatic heterocycles. The highest BCUT2D eigenvalue weighted by Gasteiger charge is 2.53. The maximum atomic E-state index is 12.9. The minimum absolute atomic E-state index is 0.176. The standard InChI is InChI=1S/C64H90N2O4/c1-5-9-13-17-21-29-43-65(44-30-22-18-14-10-6-2)61-49-37-27-25-35-47(49)57(55-51(61)39-33-41-53(55)67)59-63(69)60(64(59)70)58-48-36-26-28-38-50(48)62(52-40-34-42-54(68)56(52)58)66(45-31-23-19-15-11-7-3)46-32-24-20-16-12-8-4/h25-28,33-42,59-60,63-64,67-70H,5-24,29-32,43-46H2,1-4H3. The third kappa shape index (κ3) is 12.4. The van der Waals surface area contributed by atoms with E-state index in [1.807, 2.05) is 12.1 Å². The van der Waals surface area contributed by atoms with Gasteiger partial charge in [0.1, 0.15) is 11.5 Å². The zero-order chi connectivity index (χ0) is 49.2. The number of benzene rings is 6. The van der Waals surface area contributed by atoms with Crippen LogP contribution < -0.4 is 9.80 Å². The Balaban J connectivity index is 1.29. The number of fused-ring (bicyclic) bond motifs is 4. The molecule has 1 fully saturated rings. The van der Waals surface area contributed by atoms with E-state index in [2.05, 4.69) is 98.2 Å². The van der Waals surface area contributed by atoms with Gasteiger partial charge in [0.2, 0.25) is 0 Å². The second kappa shape index (κ2) is 27.3. The average molecular weight is 951 g/mol. The van der Waals surface area contributed by atoms with Gasteiger partial charge in [0.25, 0.3) is 0 Å². The summed E-state index contributed by atoms with van der Waals surface area (Å²) in [5.74, 6) is -0.978. The molecule has 70 heavy (non-hydrogen) atoms. The van der Waals surface area contributed by atoms with Crippen molar-refractivity contribution in [2.24, 2.45) is 0 Å². The summed E-state index contributed by atoms with van der Waals surface area (Å²) in [6.07, 6.45) is 27.5. The summed E-state index contributed by atoms with van der Waals surface area (Å²) in [6, 6.07) is 28.8. The number of unbranched alkanes of at least 4 members (excludes halogenated alkanes) is 20. The molecule has 1 aliphatic carbocycles. The van der Waals surface area contributed by atoms with Gasteiger partial charge in [0, 0.05) is 70.3 Å². The van der Waals surface area contributed by atoms with Gasteiger partial charge in [-0.1, -0.05) is 229 Å². The molecule has 0 spiro atoms. The molecule has 6 nitrogen and oxygen atoms in total. The zero-order valence-electron chi connectivity index (χ0n) is 43.9. The van der Waals surface area contributed by atoms with Crippen molar-refractivity contribution >= 4 is 54.5 Å². The molecule has 6 heteroatoms. The van der Waals surface area contributed by atoms with Crippen LogP contribution in [0.4, 0.5) is 11.4 Å². The first kappa shape index (κ1) is 53.3. The third-order valence-corrected chi connectivity index (χ3v) is 16.0. The molecule has 7 rings (SSSR count). The number of anilines is 2. The lowest BCUT2D eigenvalue weighted by atomic mass is 9.60. The summed E-state index contributed by atoms with van der Waals surface area (Å²) in [5.41, 5.74) is 3.91. The van der Waals surface area contributed by atoms with E-state index in [0.29, 0.717) is 0 Å². The predicted molar refractivity (Wildman–Crippen MR) is 302 cm³/mol. The molecule has 0 aliphatic heterocycles. The molecule has 0 unspecified atom stereocenters. The molecule has 0 saturated heterocycles. The highest BCUT2D eigenvalue weighted by atomic mass is 16.3. The van der Waals surface area contributed by atoms with Crippen molar-refractivity contribution in [2.45, 2.75) is 206 Å². The maximum Gasteiger partial charge on any atom is 0.123 e. The number of nitrogens with zero attached hydrogens (tertiary/aromatic N) is 2. The Morgan fingerprint density at radius 1 is 0.329 bits per heavy atom. The largest absolute Gasteiger partial charge is 0.507 e. The molecular formula is C64H90N2O4. The first-order valence-corrected chi connectivity index (χ1v) is 28.6. The van der Waals surface area contributed by atoms with Crippen LogP contribution in [0.15, 0.2) is 84.9 Å². The normalized spacial score (nSPS) is 17.0. The summed E-state index contributed by atoms with van der Waals surface area (Å²) in [7, 11) is 0. The van der Waals surface area contributed by atoms with E-state index in [-0.39, 0.29) is 11.5 Å². The van der Waals surface area contributed by atoms with E-state index in [0.717, 1.165) is 117 Å². The smallest absolute Gasteiger partial charge is 0.123 e. The van der Waals surface area contributed by atoms with Gasteiger partial charge in [-0.3, -0.25) is 0 Å². The van der Waals surface area contributed by atoms with Gasteiger partial charge in [0.05, 0.1) is 23.6 Å². The Morgan fingerprint density at radius 2 is 0.600 bits per heavy atom. The molecule has 0 heterocycles. The van der Waals surface area contributed by atoms with Crippen molar-refractivity contribution in [3.05, 3.63) is 96.1 Å². The topological polar surface area (TPSA) is 87.4 Å². The molecule has 0 amide bonds. The van der Waals surface area contributed by atoms with Crippen molar-refractivity contribution in [3.63, 3.8) is 0 Å². The Bertz CT molecular complexity index is 2320. The van der Waals surface area contributed by atoms with E-state index in [4.69, 9.17) is 0 Å². The van der Waals surface area contributed by atoms with Crippen LogP contribution >= 0.6 is 0 Å². The molecule has 0 radical (unpaired) electrons. The minimum atomic E-state index is -0.978. The monoisotopic (exact) mass is 951 g/mol. The number of hydrogen-bond acceptors (Lipinski definition) is 6. The number of aliphatic hydroxyl groups excluding tert-OH is 2. The summed E-state index contributed by atoms with van der Waals surface area (Å²) < 4.78 is 0. The number of phenolic OH excluding ortho intramolecular Hbond substituents is 2. The fourth-order valence-electron chi connectivity index (χ4n) is 12.2. The predicted octanol–water partition coefficient (Wildman–Crippen LogP) is 17.4. The molecule has 1 saturated carbocycles. The van der Waals surface area contributed by atoms with Crippen molar-refractivity contribution in [1.29, 1.82) is 0 Å². The number of aromatic hydroxyl groups is 2. The highest BCUT2D eigenvalue weighted by Crippen LogP contribution is 2.58. The van der Waals surface area contributed by atoms with Gasteiger partial charge in [-0.25, -0.2) is 0 Å². The Kier molecular flexibility index (Phi) is 20.8. The van der Waals surface area contributed by atoms with Gasteiger partial charge in [0.15, 0.2) is 0 Å². The maximum absolute atomic E-state index is 12.9. The molecule has 380 valence electrons. The lowest BCUT2D eigenvalue weighted by molar-refractivity contribution is -0.0766. The van der Waals surface area contributed by atoms with Crippen LogP contribution in [0.25, 0.3) is 43.1 Å². The number of aliphatic hydroxyl groups is 2. The van der Waals surface area contributed by atoms with Crippen LogP contribution in [0.5, 0.6) is 11.5 Å². The number of rotatable bonds is 32. The molecule has 4 N–H and O–H groups in total. The molecule has 0 atom stereocenters. The lowest BCUT2D eigenvalue weighted by Gasteiger charge is -2.48. The van der Waals surface area contributed by atoms with Gasteiger partial charge in [-0.15, -0.1) is 0 Å². The van der Waals surface area contributed by atoms with E-state index in [1.165, 1.54) is 128 Å². The Hall–Kier alpha value is -4.52. The van der Waals surface area contributed by atoms with Gasteiger partial charge in [-0.2, -0.15) is 0 Å². The molecular weight excluding hydrogens is 861 g/mol. The Labute approximate surface area is 422 Å². The summed E-state index contributed by atoms with van der Waals surface area (Å²) in [4.78, 5) is 5.18. The van der Waals surface area contributed by atoms with E-state index in [9.17, 15) is 20.4 Å². The van der Waals surface area contributed by atoms with Crippen LogP contribution in [0, 0.1) is 0 Å². The van der Waals surface area contributed by atoms with Crippen molar-refractivity contribution in [3.8, 4) is 11.5 Å². The second-order valence-corrected chi connectivity index (χ2v) is 21.1. The lowest BCUT2D eigenvalue weighted by Crippen LogP contribution is -2.52. The third-order valence-electron chi connectivity index (χ3n) is 16.0. The fourth-order valence-corrected chi connectivity index (χ4v) is 12.2. The van der Waals surface area contributed by atoms with Crippen LogP contribution in [0.1, 0.15) is 205 Å². The SMILES string of the molecule is CCCCCCCCN(CCCCCCCC)c1c2ccccc2c(C2C(O)C(c3c4ccccc4c(N(CCCCCCCC)CCCCCCCC)c4cccc(O)c34)C2O)c2c(O)cccc12. The molecule has 6 aromatic carbocycles. The number of hydrogen-bond donors (Lipinski definition) is 4. The highest BCUT2D eigenvalue weighted by molar-refractivity contribution is 6.18. The van der Waals surface area contributed by atoms with Gasteiger partial charge >= 0.3 is 0 Å². The summed E-state index contributed by atoms with van der Waals surface area (Å²) >= 11 is 0. The summed E-state index contributed by atoms with van der Waals surface area (Å²) in [6.45, 7) is 12.9. The van der Waals surface area contributed by atoms with Gasteiger partial charge in [-0.05, 0) is 59.7 Å². The average Bonchev–Trinajstić information content (AvgIpc) is 3.37. The molecule has 6 aromatic rings. The second-order valence-electron chi connectivity index (χ2n) is 21.1. The summed E-state index contributed by atoms with van der Waals surface area (Å²) in [5, 5.41) is 57.4. The molecule has 1 aliphatic rings. The first-order valence-electron chi connectivity index (χ1n) is 28.6. The number of phenols is 2. The minimum Gasteiger partial charge on any atom is -0.507 e. The Morgan fingerprint density at radius 3 is 0.914 bits per heavy atom. The van der Waals surface area contributed by atoms with Crippen molar-refractivity contribution < 1.29 is 20.4 Å². The van der Waals surface area contributed by atoms with Crippen LogP contribution in [0.2, 0.25) is 0 Å². The van der Waals surface area contributed by atoms with Crippen LogP contribution in [0.3, 0.4) is 0 Å². The van der Waals surface area contributed by atoms with Crippen molar-refractivity contribution in [2.75, 3.05) is 36.0 Å². The van der Waals surface area contributed by atoms with E-state index < -0.39 is 24.0 Å². The first-order chi connectivity index (χ1) is 34.4. The fraction of sp³-hybridized carbons (Fsp3) is 0.562. The quantitative estimate of drug-likeness (QED) is 0.0249. The molecule has 0 bridgehead atoms. The van der Waals surface area contributed by atoms with Crippen LogP contribution in [-0.2, 0) is 0 Å². The van der Waals surface area contributed by atoms with E-state index in [1.54, 1.807) is 12.1 Å². The van der Waals surface area contributed by atoms with Crippen molar-refractivity contribution in [1.82, 2.24) is 0 Å². The van der Waals surface area contributed by atoms with Gasteiger partial charge < -0.3 is 30.2 Å². The zero-order valence-corrected chi connectivity index (χ0v) is 43.9.